The van der Waals surface area contributed by atoms with Gasteiger partial charge in [-0.2, -0.15) is 0 Å². The van der Waals surface area contributed by atoms with Crippen LogP contribution in [0.3, 0.4) is 0 Å². The molecule has 3 rings (SSSR count). The topological polar surface area (TPSA) is 70.4 Å². The lowest BCUT2D eigenvalue weighted by molar-refractivity contribution is 0.0157. The van der Waals surface area contributed by atoms with Crippen LogP contribution in [0.4, 0.5) is 0 Å². The smallest absolute Gasteiger partial charge is 0.338 e. The SMILES string of the molecule is COC(=O)c1ccc(C(=O)N2CC3(CB(C#N)C3)C2)cc1C. The van der Waals surface area contributed by atoms with Crippen LogP contribution in [0.1, 0.15) is 26.3 Å². The van der Waals surface area contributed by atoms with E-state index in [4.69, 9.17) is 10.00 Å². The molecule has 0 N–H and O–H groups in total. The molecule has 1 spiro atoms. The van der Waals surface area contributed by atoms with Crippen molar-refractivity contribution in [3.8, 4) is 5.97 Å². The first-order valence-corrected chi connectivity index (χ1v) is 7.36. The standard InChI is InChI=1S/C16H17BN2O3/c1-11-5-12(3-4-13(11)15(21)22-2)14(20)19-8-16(9-19)6-17(7-16)10-18/h3-5H,6-9H2,1-2H3. The zero-order valence-electron chi connectivity index (χ0n) is 12.8. The molecule has 0 aliphatic carbocycles. The predicted octanol–water partition coefficient (Wildman–Crippen LogP) is 1.79. The maximum atomic E-state index is 12.5. The van der Waals surface area contributed by atoms with Crippen molar-refractivity contribution in [2.24, 2.45) is 5.41 Å². The third kappa shape index (κ3) is 2.27. The Morgan fingerprint density at radius 2 is 2.05 bits per heavy atom. The van der Waals surface area contributed by atoms with Crippen molar-refractivity contribution < 1.29 is 14.3 Å². The zero-order chi connectivity index (χ0) is 15.9. The van der Waals surface area contributed by atoms with Crippen LogP contribution in [-0.2, 0) is 4.74 Å². The molecule has 2 saturated heterocycles. The molecule has 1 amide bonds. The average Bonchev–Trinajstić information content (AvgIpc) is 2.43. The Kier molecular flexibility index (Phi) is 3.44. The Morgan fingerprint density at radius 3 is 2.59 bits per heavy atom. The number of benzene rings is 1. The number of hydrogen-bond donors (Lipinski definition) is 0. The molecule has 0 radical (unpaired) electrons. The molecule has 2 heterocycles. The van der Waals surface area contributed by atoms with Gasteiger partial charge < -0.3 is 9.64 Å². The number of nitriles is 1. The number of likely N-dealkylation sites (tertiary alicyclic amines) is 1. The van der Waals surface area contributed by atoms with E-state index < -0.39 is 5.97 Å². The molecule has 1 aromatic carbocycles. The van der Waals surface area contributed by atoms with E-state index in [1.807, 2.05) is 4.90 Å². The number of amides is 1. The molecule has 0 atom stereocenters. The lowest BCUT2D eigenvalue weighted by Gasteiger charge is -2.56. The Labute approximate surface area is 129 Å². The normalized spacial score (nSPS) is 18.2. The number of nitrogens with zero attached hydrogens (tertiary/aromatic N) is 2. The molecule has 0 saturated carbocycles. The summed E-state index contributed by atoms with van der Waals surface area (Å²) < 4.78 is 4.71. The first-order valence-electron chi connectivity index (χ1n) is 7.36. The largest absolute Gasteiger partial charge is 0.465 e. The molecule has 112 valence electrons. The van der Waals surface area contributed by atoms with Gasteiger partial charge in [0.05, 0.1) is 12.7 Å². The average molecular weight is 296 g/mol. The molecular formula is C16H17BN2O3. The quantitative estimate of drug-likeness (QED) is 0.616. The van der Waals surface area contributed by atoms with E-state index in [0.29, 0.717) is 11.1 Å². The lowest BCUT2D eigenvalue weighted by atomic mass is 9.26. The lowest BCUT2D eigenvalue weighted by Crippen LogP contribution is -2.65. The van der Waals surface area contributed by atoms with E-state index in [-0.39, 0.29) is 18.0 Å². The summed E-state index contributed by atoms with van der Waals surface area (Å²) in [7, 11) is 1.34. The van der Waals surface area contributed by atoms with Gasteiger partial charge in [-0.3, -0.25) is 4.79 Å². The number of esters is 1. The minimum atomic E-state index is -0.392. The summed E-state index contributed by atoms with van der Waals surface area (Å²) in [4.78, 5) is 25.8. The van der Waals surface area contributed by atoms with Crippen LogP contribution in [0, 0.1) is 23.6 Å². The summed E-state index contributed by atoms with van der Waals surface area (Å²) in [5, 5.41) is 8.84. The summed E-state index contributed by atoms with van der Waals surface area (Å²) in [6, 6.07) is 5.04. The van der Waals surface area contributed by atoms with Gasteiger partial charge in [0.25, 0.3) is 12.6 Å². The Morgan fingerprint density at radius 1 is 1.36 bits per heavy atom. The molecule has 2 aliphatic rings. The second kappa shape index (κ2) is 5.17. The van der Waals surface area contributed by atoms with Crippen molar-refractivity contribution in [1.29, 1.82) is 5.26 Å². The molecule has 2 aliphatic heterocycles. The summed E-state index contributed by atoms with van der Waals surface area (Å²) in [5.41, 5.74) is 2.00. The second-order valence-corrected chi connectivity index (χ2v) is 6.42. The van der Waals surface area contributed by atoms with Gasteiger partial charge in [-0.1, -0.05) is 12.6 Å². The van der Waals surface area contributed by atoms with Crippen LogP contribution in [0.5, 0.6) is 0 Å². The molecule has 1 aromatic rings. The van der Waals surface area contributed by atoms with Gasteiger partial charge >= 0.3 is 5.97 Å². The summed E-state index contributed by atoms with van der Waals surface area (Å²) in [5.74, 6) is 1.88. The maximum absolute atomic E-state index is 12.5. The van der Waals surface area contributed by atoms with Crippen LogP contribution >= 0.6 is 0 Å². The van der Waals surface area contributed by atoms with Crippen LogP contribution < -0.4 is 0 Å². The number of rotatable bonds is 2. The van der Waals surface area contributed by atoms with Crippen LogP contribution in [0.25, 0.3) is 0 Å². The minimum absolute atomic E-state index is 0.00875. The van der Waals surface area contributed by atoms with Gasteiger partial charge in [-0.25, -0.2) is 10.1 Å². The highest BCUT2D eigenvalue weighted by atomic mass is 16.5. The summed E-state index contributed by atoms with van der Waals surface area (Å²) in [6.07, 6.45) is 1.82. The van der Waals surface area contributed by atoms with Gasteiger partial charge in [0.15, 0.2) is 0 Å². The first kappa shape index (κ1) is 14.6. The number of carbonyl (C=O) groups excluding carboxylic acids is 2. The third-order valence-corrected chi connectivity index (χ3v) is 4.76. The van der Waals surface area contributed by atoms with Crippen LogP contribution in [0.2, 0.25) is 12.6 Å². The second-order valence-electron chi connectivity index (χ2n) is 6.42. The molecule has 0 bridgehead atoms. The van der Waals surface area contributed by atoms with Crippen molar-refractivity contribution in [3.05, 3.63) is 34.9 Å². The van der Waals surface area contributed by atoms with Crippen LogP contribution in [-0.4, -0.2) is 43.7 Å². The Hall–Kier alpha value is -2.29. The van der Waals surface area contributed by atoms with Gasteiger partial charge in [0, 0.05) is 24.6 Å². The van der Waals surface area contributed by atoms with E-state index in [0.717, 1.165) is 31.3 Å². The van der Waals surface area contributed by atoms with Gasteiger partial charge in [-0.15, -0.1) is 0 Å². The number of methoxy groups -OCH3 is 1. The highest BCUT2D eigenvalue weighted by molar-refractivity contribution is 6.70. The zero-order valence-corrected chi connectivity index (χ0v) is 12.8. The van der Waals surface area contributed by atoms with Crippen molar-refractivity contribution >= 4 is 18.6 Å². The molecule has 22 heavy (non-hydrogen) atoms. The van der Waals surface area contributed by atoms with E-state index in [9.17, 15) is 9.59 Å². The number of carbonyl (C=O) groups is 2. The Bertz CT molecular complexity index is 681. The van der Waals surface area contributed by atoms with Crippen molar-refractivity contribution in [2.75, 3.05) is 20.2 Å². The number of aryl methyl sites for hydroxylation is 1. The van der Waals surface area contributed by atoms with Crippen molar-refractivity contribution in [3.63, 3.8) is 0 Å². The van der Waals surface area contributed by atoms with E-state index >= 15 is 0 Å². The molecule has 0 aromatic heterocycles. The predicted molar refractivity (Wildman–Crippen MR) is 81.8 cm³/mol. The van der Waals surface area contributed by atoms with E-state index in [2.05, 4.69) is 5.97 Å². The van der Waals surface area contributed by atoms with Crippen molar-refractivity contribution in [2.45, 2.75) is 19.6 Å². The minimum Gasteiger partial charge on any atom is -0.465 e. The number of hydrogen-bond acceptors (Lipinski definition) is 4. The van der Waals surface area contributed by atoms with Crippen LogP contribution in [0.15, 0.2) is 18.2 Å². The van der Waals surface area contributed by atoms with E-state index in [1.165, 1.54) is 7.11 Å². The van der Waals surface area contributed by atoms with Crippen molar-refractivity contribution in [1.82, 2.24) is 4.90 Å². The number of ether oxygens (including phenoxy) is 1. The van der Waals surface area contributed by atoms with Gasteiger partial charge in [-0.05, 0) is 36.1 Å². The summed E-state index contributed by atoms with van der Waals surface area (Å²) >= 11 is 0. The third-order valence-electron chi connectivity index (χ3n) is 4.76. The first-order chi connectivity index (χ1) is 10.5. The molecule has 0 unspecified atom stereocenters. The maximum Gasteiger partial charge on any atom is 0.338 e. The summed E-state index contributed by atoms with van der Waals surface area (Å²) in [6.45, 7) is 3.44. The fourth-order valence-corrected chi connectivity index (χ4v) is 3.56. The molecule has 2 fully saturated rings. The molecule has 6 heteroatoms. The monoisotopic (exact) mass is 296 g/mol. The van der Waals surface area contributed by atoms with Gasteiger partial charge in [0.1, 0.15) is 0 Å². The highest BCUT2D eigenvalue weighted by Crippen LogP contribution is 2.49. The highest BCUT2D eigenvalue weighted by Gasteiger charge is 2.55. The Balaban J connectivity index is 1.66. The fourth-order valence-electron chi connectivity index (χ4n) is 3.56. The van der Waals surface area contributed by atoms with Gasteiger partial charge in [0.2, 0.25) is 0 Å². The van der Waals surface area contributed by atoms with E-state index in [1.54, 1.807) is 25.1 Å². The fraction of sp³-hybridized carbons (Fsp3) is 0.438. The molecular weight excluding hydrogens is 279 g/mol. The molecule has 5 nitrogen and oxygen atoms in total.